The summed E-state index contributed by atoms with van der Waals surface area (Å²) in [4.78, 5) is 7.89. The van der Waals surface area contributed by atoms with Crippen LogP contribution >= 0.6 is 22.9 Å². The second-order valence-corrected chi connectivity index (χ2v) is 6.59. The first-order valence-electron chi connectivity index (χ1n) is 6.45. The average molecular weight is 306 g/mol. The Morgan fingerprint density at radius 1 is 1.35 bits per heavy atom. The number of thiophene rings is 1. The molecule has 1 atom stereocenters. The summed E-state index contributed by atoms with van der Waals surface area (Å²) < 4.78 is 0. The Bertz CT molecular complexity index is 621. The standard InChI is InChI=1S/C15H16ClN3S/c1-15(11-4-6-12(16)7-5-11)10-18-14(17)19(15)9-13-3-2-8-20-13/h2-8H,9-10H2,1H3,(H2,17,18). The van der Waals surface area contributed by atoms with Crippen molar-refractivity contribution in [3.8, 4) is 0 Å². The minimum Gasteiger partial charge on any atom is -0.370 e. The number of halogens is 1. The first-order chi connectivity index (χ1) is 9.59. The van der Waals surface area contributed by atoms with Crippen LogP contribution in [0.5, 0.6) is 0 Å². The fraction of sp³-hybridized carbons (Fsp3) is 0.267. The largest absolute Gasteiger partial charge is 0.370 e. The molecule has 0 bridgehead atoms. The molecule has 5 heteroatoms. The van der Waals surface area contributed by atoms with Crippen molar-refractivity contribution in [1.29, 1.82) is 0 Å². The number of aliphatic imine (C=N–C) groups is 1. The van der Waals surface area contributed by atoms with E-state index in [0.717, 1.165) is 11.6 Å². The van der Waals surface area contributed by atoms with Crippen LogP contribution in [0.2, 0.25) is 5.02 Å². The van der Waals surface area contributed by atoms with Gasteiger partial charge in [0.1, 0.15) is 0 Å². The molecule has 2 aromatic rings. The van der Waals surface area contributed by atoms with E-state index in [0.29, 0.717) is 12.5 Å². The fourth-order valence-corrected chi connectivity index (χ4v) is 3.35. The summed E-state index contributed by atoms with van der Waals surface area (Å²) in [5.41, 5.74) is 7.07. The molecule has 1 unspecified atom stereocenters. The second-order valence-electron chi connectivity index (χ2n) is 5.12. The van der Waals surface area contributed by atoms with E-state index in [4.69, 9.17) is 17.3 Å². The molecule has 20 heavy (non-hydrogen) atoms. The molecule has 1 aliphatic heterocycles. The highest BCUT2D eigenvalue weighted by Gasteiger charge is 2.39. The molecule has 0 spiro atoms. The van der Waals surface area contributed by atoms with Gasteiger partial charge >= 0.3 is 0 Å². The third kappa shape index (κ3) is 2.30. The van der Waals surface area contributed by atoms with Gasteiger partial charge < -0.3 is 10.6 Å². The summed E-state index contributed by atoms with van der Waals surface area (Å²) in [5.74, 6) is 0.607. The van der Waals surface area contributed by atoms with Gasteiger partial charge in [-0.25, -0.2) is 0 Å². The first kappa shape index (κ1) is 13.5. The van der Waals surface area contributed by atoms with Gasteiger partial charge in [-0.05, 0) is 36.1 Å². The zero-order valence-corrected chi connectivity index (χ0v) is 12.8. The van der Waals surface area contributed by atoms with Crippen LogP contribution in [0.15, 0.2) is 46.8 Å². The molecule has 0 fully saturated rings. The zero-order valence-electron chi connectivity index (χ0n) is 11.2. The van der Waals surface area contributed by atoms with E-state index in [9.17, 15) is 0 Å². The number of rotatable bonds is 3. The van der Waals surface area contributed by atoms with E-state index < -0.39 is 0 Å². The van der Waals surface area contributed by atoms with Crippen LogP contribution in [0.4, 0.5) is 0 Å². The first-order valence-corrected chi connectivity index (χ1v) is 7.71. The summed E-state index contributed by atoms with van der Waals surface area (Å²) in [6.07, 6.45) is 0. The summed E-state index contributed by atoms with van der Waals surface area (Å²) in [6, 6.07) is 12.1. The third-order valence-corrected chi connectivity index (χ3v) is 4.89. The molecule has 2 heterocycles. The highest BCUT2D eigenvalue weighted by Crippen LogP contribution is 2.34. The number of guanidine groups is 1. The van der Waals surface area contributed by atoms with Crippen LogP contribution in [0.25, 0.3) is 0 Å². The molecule has 0 saturated carbocycles. The summed E-state index contributed by atoms with van der Waals surface area (Å²) >= 11 is 7.72. The summed E-state index contributed by atoms with van der Waals surface area (Å²) in [5, 5.41) is 2.83. The molecule has 0 aliphatic carbocycles. The Labute approximate surface area is 127 Å². The maximum absolute atomic E-state index is 6.09. The van der Waals surface area contributed by atoms with Crippen molar-refractivity contribution in [2.24, 2.45) is 10.7 Å². The van der Waals surface area contributed by atoms with E-state index in [1.165, 1.54) is 10.4 Å². The van der Waals surface area contributed by atoms with Crippen LogP contribution in [0.1, 0.15) is 17.4 Å². The Morgan fingerprint density at radius 3 is 2.75 bits per heavy atom. The molecular weight excluding hydrogens is 290 g/mol. The van der Waals surface area contributed by atoms with Crippen LogP contribution < -0.4 is 5.73 Å². The maximum atomic E-state index is 6.09. The highest BCUT2D eigenvalue weighted by atomic mass is 35.5. The normalized spacial score (nSPS) is 22.1. The topological polar surface area (TPSA) is 41.6 Å². The van der Waals surface area contributed by atoms with Gasteiger partial charge in [0.05, 0.1) is 18.6 Å². The number of hydrogen-bond acceptors (Lipinski definition) is 4. The Hall–Kier alpha value is -1.52. The molecule has 104 valence electrons. The Kier molecular flexibility index (Phi) is 3.44. The van der Waals surface area contributed by atoms with Crippen LogP contribution in [0, 0.1) is 0 Å². The molecule has 0 saturated heterocycles. The minimum atomic E-state index is -0.210. The van der Waals surface area contributed by atoms with E-state index in [1.54, 1.807) is 11.3 Å². The van der Waals surface area contributed by atoms with Crippen molar-refractivity contribution < 1.29 is 0 Å². The lowest BCUT2D eigenvalue weighted by Crippen LogP contribution is -2.46. The summed E-state index contributed by atoms with van der Waals surface area (Å²) in [6.45, 7) is 3.63. The molecular formula is C15H16ClN3S. The molecule has 3 rings (SSSR count). The molecule has 1 aromatic heterocycles. The van der Waals surface area contributed by atoms with Crippen molar-refractivity contribution in [3.05, 3.63) is 57.2 Å². The number of hydrogen-bond donors (Lipinski definition) is 1. The van der Waals surface area contributed by atoms with Crippen LogP contribution in [-0.4, -0.2) is 17.4 Å². The predicted octanol–water partition coefficient (Wildman–Crippen LogP) is 3.45. The molecule has 2 N–H and O–H groups in total. The molecule has 0 radical (unpaired) electrons. The maximum Gasteiger partial charge on any atom is 0.192 e. The van der Waals surface area contributed by atoms with Gasteiger partial charge in [-0.15, -0.1) is 11.3 Å². The molecule has 1 aliphatic rings. The Morgan fingerprint density at radius 2 is 2.10 bits per heavy atom. The van der Waals surface area contributed by atoms with Crippen molar-refractivity contribution in [2.45, 2.75) is 19.0 Å². The van der Waals surface area contributed by atoms with Crippen molar-refractivity contribution >= 4 is 28.9 Å². The van der Waals surface area contributed by atoms with Crippen LogP contribution in [0.3, 0.4) is 0 Å². The molecule has 3 nitrogen and oxygen atoms in total. The van der Waals surface area contributed by atoms with E-state index >= 15 is 0 Å². The quantitative estimate of drug-likeness (QED) is 0.943. The fourth-order valence-electron chi connectivity index (χ4n) is 2.53. The predicted molar refractivity (Wildman–Crippen MR) is 85.2 cm³/mol. The smallest absolute Gasteiger partial charge is 0.192 e. The van der Waals surface area contributed by atoms with Gasteiger partial charge in [0.15, 0.2) is 5.96 Å². The van der Waals surface area contributed by atoms with Gasteiger partial charge in [0.2, 0.25) is 0 Å². The number of nitrogens with two attached hydrogens (primary N) is 1. The van der Waals surface area contributed by atoms with Gasteiger partial charge in [-0.1, -0.05) is 29.8 Å². The SMILES string of the molecule is CC1(c2ccc(Cl)cc2)CN=C(N)N1Cc1cccs1. The molecule has 0 amide bonds. The van der Waals surface area contributed by atoms with Gasteiger partial charge in [-0.2, -0.15) is 0 Å². The lowest BCUT2D eigenvalue weighted by Gasteiger charge is -2.36. The van der Waals surface area contributed by atoms with Crippen LogP contribution in [-0.2, 0) is 12.1 Å². The molecule has 1 aromatic carbocycles. The Balaban J connectivity index is 1.93. The van der Waals surface area contributed by atoms with Crippen molar-refractivity contribution in [3.63, 3.8) is 0 Å². The minimum absolute atomic E-state index is 0.210. The van der Waals surface area contributed by atoms with E-state index in [2.05, 4.69) is 46.5 Å². The van der Waals surface area contributed by atoms with Gasteiger partial charge in [-0.3, -0.25) is 4.99 Å². The monoisotopic (exact) mass is 305 g/mol. The van der Waals surface area contributed by atoms with E-state index in [-0.39, 0.29) is 5.54 Å². The lowest BCUT2D eigenvalue weighted by molar-refractivity contribution is 0.219. The highest BCUT2D eigenvalue weighted by molar-refractivity contribution is 7.09. The average Bonchev–Trinajstić information content (AvgIpc) is 3.04. The van der Waals surface area contributed by atoms with Gasteiger partial charge in [0.25, 0.3) is 0 Å². The van der Waals surface area contributed by atoms with Crippen molar-refractivity contribution in [1.82, 2.24) is 4.90 Å². The number of nitrogens with zero attached hydrogens (tertiary/aromatic N) is 2. The third-order valence-electron chi connectivity index (χ3n) is 3.78. The summed E-state index contributed by atoms with van der Waals surface area (Å²) in [7, 11) is 0. The second kappa shape index (κ2) is 5.11. The number of benzene rings is 1. The zero-order chi connectivity index (χ0) is 14.2. The van der Waals surface area contributed by atoms with E-state index in [1.807, 2.05) is 12.1 Å². The lowest BCUT2D eigenvalue weighted by atomic mass is 9.91. The van der Waals surface area contributed by atoms with Gasteiger partial charge in [0, 0.05) is 9.90 Å². The van der Waals surface area contributed by atoms with Crippen molar-refractivity contribution in [2.75, 3.05) is 6.54 Å².